The number of hydrogen-bond acceptors (Lipinski definition) is 6. The maximum atomic E-state index is 11.2. The fraction of sp³-hybridized carbons (Fsp3) is 0.308. The summed E-state index contributed by atoms with van der Waals surface area (Å²) in [6.07, 6.45) is 2.43. The van der Waals surface area contributed by atoms with Crippen LogP contribution in [0.1, 0.15) is 12.5 Å². The molecular formula is C13H15NO6. The largest absolute Gasteiger partial charge is 0.493 e. The van der Waals surface area contributed by atoms with Crippen LogP contribution in [0, 0.1) is 10.1 Å². The van der Waals surface area contributed by atoms with Gasteiger partial charge in [-0.2, -0.15) is 0 Å². The topological polar surface area (TPSA) is 87.9 Å². The Morgan fingerprint density at radius 1 is 1.35 bits per heavy atom. The minimum absolute atomic E-state index is 0.00325. The first-order valence-corrected chi connectivity index (χ1v) is 5.79. The van der Waals surface area contributed by atoms with Gasteiger partial charge in [0.2, 0.25) is 5.75 Å². The normalized spacial score (nSPS) is 10.3. The fourth-order valence-electron chi connectivity index (χ4n) is 1.60. The van der Waals surface area contributed by atoms with E-state index in [0.29, 0.717) is 0 Å². The molecule has 0 bridgehead atoms. The Hall–Kier alpha value is -2.57. The Balaban J connectivity index is 3.26. The summed E-state index contributed by atoms with van der Waals surface area (Å²) in [4.78, 5) is 21.8. The SMILES string of the molecule is CCOC(=O)C=Cc1ccc(OC)c(OC)c1[N+](=O)[O-]. The minimum atomic E-state index is -0.591. The number of hydrogen-bond donors (Lipinski definition) is 0. The van der Waals surface area contributed by atoms with Crippen molar-refractivity contribution in [2.75, 3.05) is 20.8 Å². The number of rotatable bonds is 6. The van der Waals surface area contributed by atoms with Gasteiger partial charge in [0.25, 0.3) is 0 Å². The zero-order valence-electron chi connectivity index (χ0n) is 11.4. The van der Waals surface area contributed by atoms with Gasteiger partial charge >= 0.3 is 11.7 Å². The maximum Gasteiger partial charge on any atom is 0.330 e. The number of ether oxygens (including phenoxy) is 3. The molecule has 1 aromatic carbocycles. The van der Waals surface area contributed by atoms with Crippen LogP contribution in [-0.4, -0.2) is 31.7 Å². The molecule has 108 valence electrons. The molecule has 0 unspecified atom stereocenters. The predicted molar refractivity (Wildman–Crippen MR) is 71.9 cm³/mol. The van der Waals surface area contributed by atoms with Crippen molar-refractivity contribution in [2.24, 2.45) is 0 Å². The lowest BCUT2D eigenvalue weighted by molar-refractivity contribution is -0.386. The summed E-state index contributed by atoms with van der Waals surface area (Å²) >= 11 is 0. The van der Waals surface area contributed by atoms with E-state index in [1.807, 2.05) is 0 Å². The second kappa shape index (κ2) is 7.13. The second-order valence-electron chi connectivity index (χ2n) is 3.58. The lowest BCUT2D eigenvalue weighted by atomic mass is 10.1. The van der Waals surface area contributed by atoms with Gasteiger partial charge in [-0.1, -0.05) is 0 Å². The van der Waals surface area contributed by atoms with Crippen molar-refractivity contribution in [3.05, 3.63) is 33.9 Å². The minimum Gasteiger partial charge on any atom is -0.493 e. The predicted octanol–water partition coefficient (Wildman–Crippen LogP) is 2.19. The van der Waals surface area contributed by atoms with Gasteiger partial charge in [0, 0.05) is 6.08 Å². The van der Waals surface area contributed by atoms with Crippen LogP contribution >= 0.6 is 0 Å². The third-order valence-corrected chi connectivity index (χ3v) is 2.42. The highest BCUT2D eigenvalue weighted by atomic mass is 16.6. The van der Waals surface area contributed by atoms with Crippen LogP contribution in [0.5, 0.6) is 11.5 Å². The molecule has 0 fully saturated rings. The maximum absolute atomic E-state index is 11.2. The van der Waals surface area contributed by atoms with Gasteiger partial charge < -0.3 is 14.2 Å². The quantitative estimate of drug-likeness (QED) is 0.344. The molecule has 0 atom stereocenters. The van der Waals surface area contributed by atoms with E-state index in [1.54, 1.807) is 6.92 Å². The van der Waals surface area contributed by atoms with Crippen molar-refractivity contribution in [1.82, 2.24) is 0 Å². The molecule has 0 radical (unpaired) electrons. The van der Waals surface area contributed by atoms with E-state index in [0.717, 1.165) is 6.08 Å². The zero-order valence-corrected chi connectivity index (χ0v) is 11.4. The standard InChI is InChI=1S/C13H15NO6/c1-4-20-11(15)8-6-9-5-7-10(18-2)13(19-3)12(9)14(16)17/h5-8H,4H2,1-3H3. The number of nitro benzene ring substituents is 1. The number of methoxy groups -OCH3 is 2. The Kier molecular flexibility index (Phi) is 5.52. The highest BCUT2D eigenvalue weighted by Gasteiger charge is 2.23. The van der Waals surface area contributed by atoms with Crippen LogP contribution < -0.4 is 9.47 Å². The Morgan fingerprint density at radius 2 is 2.05 bits per heavy atom. The summed E-state index contributed by atoms with van der Waals surface area (Å²) in [5.74, 6) is -0.326. The molecule has 7 nitrogen and oxygen atoms in total. The first kappa shape index (κ1) is 15.5. The highest BCUT2D eigenvalue weighted by Crippen LogP contribution is 2.39. The molecule has 0 aliphatic rings. The van der Waals surface area contributed by atoms with Gasteiger partial charge in [0.15, 0.2) is 5.75 Å². The van der Waals surface area contributed by atoms with E-state index in [2.05, 4.69) is 0 Å². The summed E-state index contributed by atoms with van der Waals surface area (Å²) < 4.78 is 14.7. The van der Waals surface area contributed by atoms with Crippen molar-refractivity contribution in [2.45, 2.75) is 6.92 Å². The number of carbonyl (C=O) groups is 1. The molecule has 7 heteroatoms. The van der Waals surface area contributed by atoms with E-state index in [4.69, 9.17) is 14.2 Å². The number of nitro groups is 1. The molecule has 0 aromatic heterocycles. The van der Waals surface area contributed by atoms with E-state index in [-0.39, 0.29) is 29.4 Å². The third kappa shape index (κ3) is 3.47. The molecular weight excluding hydrogens is 266 g/mol. The van der Waals surface area contributed by atoms with Crippen molar-refractivity contribution < 1.29 is 23.9 Å². The summed E-state index contributed by atoms with van der Waals surface area (Å²) in [5, 5.41) is 11.2. The molecule has 0 N–H and O–H groups in total. The van der Waals surface area contributed by atoms with Crippen LogP contribution in [-0.2, 0) is 9.53 Å². The van der Waals surface area contributed by atoms with Crippen molar-refractivity contribution >= 4 is 17.7 Å². The third-order valence-electron chi connectivity index (χ3n) is 2.42. The smallest absolute Gasteiger partial charge is 0.330 e. The molecule has 0 heterocycles. The summed E-state index contributed by atoms with van der Waals surface area (Å²) in [7, 11) is 2.69. The number of benzene rings is 1. The lowest BCUT2D eigenvalue weighted by Gasteiger charge is -2.09. The fourth-order valence-corrected chi connectivity index (χ4v) is 1.60. The van der Waals surface area contributed by atoms with Crippen molar-refractivity contribution in [3.63, 3.8) is 0 Å². The van der Waals surface area contributed by atoms with Crippen LogP contribution in [0.3, 0.4) is 0 Å². The first-order chi connectivity index (χ1) is 9.54. The van der Waals surface area contributed by atoms with Gasteiger partial charge in [0.1, 0.15) is 0 Å². The van der Waals surface area contributed by atoms with E-state index in [9.17, 15) is 14.9 Å². The monoisotopic (exact) mass is 281 g/mol. The molecule has 0 amide bonds. The Morgan fingerprint density at radius 3 is 2.55 bits per heavy atom. The molecule has 0 spiro atoms. The second-order valence-corrected chi connectivity index (χ2v) is 3.58. The van der Waals surface area contributed by atoms with Gasteiger partial charge in [0.05, 0.1) is 31.3 Å². The van der Waals surface area contributed by atoms with Crippen molar-refractivity contribution in [1.29, 1.82) is 0 Å². The number of esters is 1. The van der Waals surface area contributed by atoms with E-state index in [1.165, 1.54) is 32.4 Å². The van der Waals surface area contributed by atoms with E-state index >= 15 is 0 Å². The van der Waals surface area contributed by atoms with Gasteiger partial charge in [-0.05, 0) is 25.1 Å². The average molecular weight is 281 g/mol. The molecule has 0 saturated heterocycles. The molecule has 0 aliphatic heterocycles. The zero-order chi connectivity index (χ0) is 15.1. The molecule has 1 rings (SSSR count). The average Bonchev–Trinajstić information content (AvgIpc) is 2.43. The van der Waals surface area contributed by atoms with Crippen LogP contribution in [0.2, 0.25) is 0 Å². The Bertz CT molecular complexity index is 538. The summed E-state index contributed by atoms with van der Waals surface area (Å²) in [5.41, 5.74) is -0.0481. The van der Waals surface area contributed by atoms with Crippen molar-refractivity contribution in [3.8, 4) is 11.5 Å². The number of carbonyl (C=O) groups excluding carboxylic acids is 1. The van der Waals surface area contributed by atoms with Gasteiger partial charge in [-0.15, -0.1) is 0 Å². The summed E-state index contributed by atoms with van der Waals surface area (Å²) in [6, 6.07) is 2.99. The van der Waals surface area contributed by atoms with Crippen LogP contribution in [0.15, 0.2) is 18.2 Å². The molecule has 0 aliphatic carbocycles. The lowest BCUT2D eigenvalue weighted by Crippen LogP contribution is -2.01. The van der Waals surface area contributed by atoms with Gasteiger partial charge in [-0.25, -0.2) is 4.79 Å². The van der Waals surface area contributed by atoms with E-state index < -0.39 is 10.9 Å². The molecule has 20 heavy (non-hydrogen) atoms. The van der Waals surface area contributed by atoms with Gasteiger partial charge in [-0.3, -0.25) is 10.1 Å². The van der Waals surface area contributed by atoms with Crippen LogP contribution in [0.4, 0.5) is 5.69 Å². The molecule has 1 aromatic rings. The Labute approximate surface area is 115 Å². The highest BCUT2D eigenvalue weighted by molar-refractivity contribution is 5.88. The molecule has 0 saturated carbocycles. The summed E-state index contributed by atoms with van der Waals surface area (Å²) in [6.45, 7) is 1.90. The number of nitrogens with zero attached hydrogens (tertiary/aromatic N) is 1. The first-order valence-electron chi connectivity index (χ1n) is 5.79. The van der Waals surface area contributed by atoms with Crippen LogP contribution in [0.25, 0.3) is 6.08 Å².